The normalized spacial score (nSPS) is 10.6. The Morgan fingerprint density at radius 2 is 1.52 bits per heavy atom. The van der Waals surface area contributed by atoms with Gasteiger partial charge in [0.1, 0.15) is 11.5 Å². The first-order valence-corrected chi connectivity index (χ1v) is 9.72. The molecule has 3 aromatic rings. The van der Waals surface area contributed by atoms with Crippen molar-refractivity contribution in [2.45, 2.75) is 20.3 Å². The van der Waals surface area contributed by atoms with Crippen LogP contribution in [0.3, 0.4) is 0 Å². The third-order valence-corrected chi connectivity index (χ3v) is 5.01. The van der Waals surface area contributed by atoms with Gasteiger partial charge >= 0.3 is 0 Å². The van der Waals surface area contributed by atoms with E-state index in [1.165, 1.54) is 20.3 Å². The molecular formula is C25H26O6. The van der Waals surface area contributed by atoms with Crippen LogP contribution >= 0.6 is 0 Å². The van der Waals surface area contributed by atoms with Crippen molar-refractivity contribution in [2.24, 2.45) is 0 Å². The average molecular weight is 422 g/mol. The molecule has 0 amide bonds. The molecule has 0 bridgehead atoms. The van der Waals surface area contributed by atoms with E-state index in [-0.39, 0.29) is 28.7 Å². The average Bonchev–Trinajstić information content (AvgIpc) is 2.74. The van der Waals surface area contributed by atoms with Crippen LogP contribution in [0, 0.1) is 0 Å². The molecule has 4 N–H and O–H groups in total. The van der Waals surface area contributed by atoms with Crippen LogP contribution in [0.15, 0.2) is 54.1 Å². The Balaban J connectivity index is 2.24. The molecule has 3 aromatic carbocycles. The summed E-state index contributed by atoms with van der Waals surface area (Å²) in [6.45, 7) is 3.89. The molecule has 0 saturated heterocycles. The maximum atomic E-state index is 11.1. The molecule has 6 nitrogen and oxygen atoms in total. The van der Waals surface area contributed by atoms with Crippen molar-refractivity contribution in [1.82, 2.24) is 0 Å². The topological polar surface area (TPSA) is 99.4 Å². The van der Waals surface area contributed by atoms with E-state index in [2.05, 4.69) is 0 Å². The maximum Gasteiger partial charge on any atom is 0.170 e. The number of methoxy groups -OCH3 is 2. The van der Waals surface area contributed by atoms with Crippen LogP contribution in [0.4, 0.5) is 0 Å². The third kappa shape index (κ3) is 4.38. The standard InChI is InChI=1S/C25H26O6/c1-14(2)5-6-16-11-17(12-20(27)23(16)28)22-21(30-3)13-19(25(31-4)24(22)29)15-7-9-18(26)10-8-15/h5,7-13,26-29H,6H2,1-4H3. The SMILES string of the molecule is COc1cc(-c2ccc(O)cc2)c(OC)c(O)c1-c1cc(O)c(O)c(CC=C(C)C)c1. The van der Waals surface area contributed by atoms with Gasteiger partial charge in [-0.25, -0.2) is 0 Å². The molecular weight excluding hydrogens is 396 g/mol. The fourth-order valence-corrected chi connectivity index (χ4v) is 3.42. The minimum Gasteiger partial charge on any atom is -0.508 e. The lowest BCUT2D eigenvalue weighted by Crippen LogP contribution is -1.96. The van der Waals surface area contributed by atoms with E-state index in [0.29, 0.717) is 40.0 Å². The zero-order valence-electron chi connectivity index (χ0n) is 17.9. The molecule has 0 atom stereocenters. The molecule has 162 valence electrons. The molecule has 0 aliphatic rings. The second-order valence-electron chi connectivity index (χ2n) is 7.42. The molecule has 3 rings (SSSR count). The van der Waals surface area contributed by atoms with Gasteiger partial charge in [-0.05, 0) is 61.7 Å². The van der Waals surface area contributed by atoms with Crippen molar-refractivity contribution in [2.75, 3.05) is 14.2 Å². The van der Waals surface area contributed by atoms with E-state index >= 15 is 0 Å². The minimum atomic E-state index is -0.294. The largest absolute Gasteiger partial charge is 0.508 e. The maximum absolute atomic E-state index is 11.1. The fraction of sp³-hybridized carbons (Fsp3) is 0.200. The number of hydrogen-bond acceptors (Lipinski definition) is 6. The van der Waals surface area contributed by atoms with E-state index < -0.39 is 0 Å². The first-order chi connectivity index (χ1) is 14.8. The number of allylic oxidation sites excluding steroid dienone is 2. The van der Waals surface area contributed by atoms with Crippen molar-refractivity contribution < 1.29 is 29.9 Å². The molecule has 0 aliphatic heterocycles. The molecule has 0 aliphatic carbocycles. The zero-order valence-corrected chi connectivity index (χ0v) is 17.9. The summed E-state index contributed by atoms with van der Waals surface area (Å²) in [7, 11) is 2.93. The number of benzene rings is 3. The van der Waals surface area contributed by atoms with Gasteiger partial charge < -0.3 is 29.9 Å². The van der Waals surface area contributed by atoms with Crippen LogP contribution in [-0.4, -0.2) is 34.6 Å². The van der Waals surface area contributed by atoms with Crippen LogP contribution < -0.4 is 9.47 Å². The van der Waals surface area contributed by atoms with Gasteiger partial charge in [-0.3, -0.25) is 0 Å². The van der Waals surface area contributed by atoms with Gasteiger partial charge in [0.2, 0.25) is 0 Å². The molecule has 0 heterocycles. The molecule has 0 saturated carbocycles. The molecule has 31 heavy (non-hydrogen) atoms. The van der Waals surface area contributed by atoms with E-state index in [0.717, 1.165) is 5.57 Å². The van der Waals surface area contributed by atoms with E-state index in [1.807, 2.05) is 19.9 Å². The third-order valence-electron chi connectivity index (χ3n) is 5.01. The van der Waals surface area contributed by atoms with Crippen LogP contribution in [0.1, 0.15) is 19.4 Å². The zero-order chi connectivity index (χ0) is 22.7. The summed E-state index contributed by atoms with van der Waals surface area (Å²) < 4.78 is 11.0. The molecule has 0 unspecified atom stereocenters. The second kappa shape index (κ2) is 8.92. The molecule has 0 spiro atoms. The number of phenolic OH excluding ortho intramolecular Hbond substituents is 4. The van der Waals surface area contributed by atoms with Crippen molar-refractivity contribution in [3.05, 3.63) is 59.7 Å². The van der Waals surface area contributed by atoms with E-state index in [4.69, 9.17) is 9.47 Å². The summed E-state index contributed by atoms with van der Waals surface area (Å²) in [5.41, 5.74) is 3.68. The Labute approximate surface area is 181 Å². The number of aromatic hydroxyl groups is 4. The van der Waals surface area contributed by atoms with Crippen molar-refractivity contribution in [3.63, 3.8) is 0 Å². The van der Waals surface area contributed by atoms with Gasteiger partial charge in [-0.2, -0.15) is 0 Å². The van der Waals surface area contributed by atoms with Gasteiger partial charge in [-0.1, -0.05) is 23.8 Å². The summed E-state index contributed by atoms with van der Waals surface area (Å²) in [5, 5.41) is 41.3. The van der Waals surface area contributed by atoms with Gasteiger partial charge in [0.05, 0.1) is 19.8 Å². The lowest BCUT2D eigenvalue weighted by Gasteiger charge is -2.19. The van der Waals surface area contributed by atoms with Gasteiger partial charge in [0.25, 0.3) is 0 Å². The Morgan fingerprint density at radius 3 is 2.10 bits per heavy atom. The Morgan fingerprint density at radius 1 is 0.839 bits per heavy atom. The molecule has 6 heteroatoms. The van der Waals surface area contributed by atoms with Crippen molar-refractivity contribution in [3.8, 4) is 56.8 Å². The highest BCUT2D eigenvalue weighted by Crippen LogP contribution is 2.51. The fourth-order valence-electron chi connectivity index (χ4n) is 3.42. The summed E-state index contributed by atoms with van der Waals surface area (Å²) in [5.74, 6) is 0.0479. The van der Waals surface area contributed by atoms with Crippen LogP contribution in [0.25, 0.3) is 22.3 Å². The summed E-state index contributed by atoms with van der Waals surface area (Å²) >= 11 is 0. The number of rotatable bonds is 6. The number of ether oxygens (including phenoxy) is 2. The molecule has 0 radical (unpaired) electrons. The summed E-state index contributed by atoms with van der Waals surface area (Å²) in [6, 6.07) is 11.3. The van der Waals surface area contributed by atoms with Crippen LogP contribution in [0.5, 0.6) is 34.5 Å². The monoisotopic (exact) mass is 422 g/mol. The van der Waals surface area contributed by atoms with Gasteiger partial charge in [0.15, 0.2) is 23.0 Å². The molecule has 0 fully saturated rings. The lowest BCUT2D eigenvalue weighted by molar-refractivity contribution is 0.369. The van der Waals surface area contributed by atoms with Gasteiger partial charge in [0, 0.05) is 11.1 Å². The number of phenols is 4. The summed E-state index contributed by atoms with van der Waals surface area (Å²) in [6.07, 6.45) is 2.35. The number of hydrogen-bond donors (Lipinski definition) is 4. The Hall–Kier alpha value is -3.80. The van der Waals surface area contributed by atoms with Crippen molar-refractivity contribution >= 4 is 0 Å². The van der Waals surface area contributed by atoms with Gasteiger partial charge in [-0.15, -0.1) is 0 Å². The predicted octanol–water partition coefficient (Wildman–Crippen LogP) is 5.37. The Bertz CT molecular complexity index is 1130. The summed E-state index contributed by atoms with van der Waals surface area (Å²) in [4.78, 5) is 0. The van der Waals surface area contributed by atoms with E-state index in [9.17, 15) is 20.4 Å². The van der Waals surface area contributed by atoms with Crippen LogP contribution in [0.2, 0.25) is 0 Å². The predicted molar refractivity (Wildman–Crippen MR) is 120 cm³/mol. The first-order valence-electron chi connectivity index (χ1n) is 9.72. The minimum absolute atomic E-state index is 0.124. The lowest BCUT2D eigenvalue weighted by atomic mass is 9.94. The van der Waals surface area contributed by atoms with E-state index in [1.54, 1.807) is 36.4 Å². The highest BCUT2D eigenvalue weighted by molar-refractivity contribution is 5.88. The Kier molecular flexibility index (Phi) is 6.30. The second-order valence-corrected chi connectivity index (χ2v) is 7.42. The quantitative estimate of drug-likeness (QED) is 0.315. The molecule has 0 aromatic heterocycles. The first kappa shape index (κ1) is 21.9. The highest BCUT2D eigenvalue weighted by atomic mass is 16.5. The smallest absolute Gasteiger partial charge is 0.170 e. The van der Waals surface area contributed by atoms with Crippen LogP contribution in [-0.2, 0) is 6.42 Å². The van der Waals surface area contributed by atoms with Crippen molar-refractivity contribution in [1.29, 1.82) is 0 Å². The highest BCUT2D eigenvalue weighted by Gasteiger charge is 2.23.